The van der Waals surface area contributed by atoms with Crippen molar-refractivity contribution in [1.82, 2.24) is 15.5 Å². The number of benzene rings is 3. The number of carbonyl (C=O) groups excluding carboxylic acids is 4. The van der Waals surface area contributed by atoms with Crippen LogP contribution in [0.5, 0.6) is 5.75 Å². The molecule has 13 nitrogen and oxygen atoms in total. The van der Waals surface area contributed by atoms with E-state index in [1.807, 2.05) is 12.1 Å². The molecule has 51 heavy (non-hydrogen) atoms. The lowest BCUT2D eigenvalue weighted by Gasteiger charge is -2.26. The van der Waals surface area contributed by atoms with Gasteiger partial charge >= 0.3 is 5.97 Å². The zero-order chi connectivity index (χ0) is 36.4. The van der Waals surface area contributed by atoms with Crippen LogP contribution in [0.3, 0.4) is 0 Å². The average molecular weight is 702 g/mol. The van der Waals surface area contributed by atoms with Crippen molar-refractivity contribution in [3.8, 4) is 28.2 Å². The van der Waals surface area contributed by atoms with Crippen molar-refractivity contribution >= 4 is 35.2 Å². The van der Waals surface area contributed by atoms with Crippen molar-refractivity contribution in [3.63, 3.8) is 0 Å². The van der Waals surface area contributed by atoms with Gasteiger partial charge < -0.3 is 38.9 Å². The molecule has 13 heteroatoms. The van der Waals surface area contributed by atoms with E-state index in [9.17, 15) is 24.0 Å². The Bertz CT molecular complexity index is 1880. The molecule has 0 bridgehead atoms. The van der Waals surface area contributed by atoms with Crippen LogP contribution in [0.25, 0.3) is 33.4 Å². The van der Waals surface area contributed by atoms with Gasteiger partial charge in [-0.3, -0.25) is 19.2 Å². The van der Waals surface area contributed by atoms with Crippen LogP contribution in [-0.2, 0) is 28.6 Å². The van der Waals surface area contributed by atoms with Crippen LogP contribution in [0.4, 0.5) is 0 Å². The molecule has 1 aliphatic carbocycles. The van der Waals surface area contributed by atoms with E-state index in [4.69, 9.17) is 23.4 Å². The van der Waals surface area contributed by atoms with Crippen molar-refractivity contribution in [3.05, 3.63) is 76.5 Å². The summed E-state index contributed by atoms with van der Waals surface area (Å²) in [6.07, 6.45) is 1.81. The van der Waals surface area contributed by atoms with Crippen LogP contribution in [0, 0.1) is 0 Å². The summed E-state index contributed by atoms with van der Waals surface area (Å²) >= 11 is 0. The predicted molar refractivity (Wildman–Crippen MR) is 189 cm³/mol. The Labute approximate surface area is 295 Å². The highest BCUT2D eigenvalue weighted by Crippen LogP contribution is 2.42. The third-order valence-corrected chi connectivity index (χ3v) is 8.08. The zero-order valence-electron chi connectivity index (χ0n) is 29.0. The van der Waals surface area contributed by atoms with Gasteiger partial charge in [-0.05, 0) is 69.5 Å². The van der Waals surface area contributed by atoms with Gasteiger partial charge in [-0.2, -0.15) is 0 Å². The number of rotatable bonds is 16. The van der Waals surface area contributed by atoms with Gasteiger partial charge in [-0.15, -0.1) is 0 Å². The van der Waals surface area contributed by atoms with Gasteiger partial charge in [0.15, 0.2) is 12.0 Å². The molecule has 2 heterocycles. The predicted octanol–water partition coefficient (Wildman–Crippen LogP) is 3.79. The van der Waals surface area contributed by atoms with E-state index in [-0.39, 0.29) is 37.0 Å². The quantitative estimate of drug-likeness (QED) is 0.0761. The van der Waals surface area contributed by atoms with Crippen LogP contribution in [0.2, 0.25) is 0 Å². The standard InChI is InChI=1S/C38H43N3O10/c1-38(2,3)51-34(44)23-49-26-11-13-30-33(22-26)50-32-21-25(43)10-12-29(32)35(30)27-7-4-5-8-28(27)37(46)41-16-6-9-31(41)36(45)40-15-18-48-20-19-47-17-14-39-24-42/h4-5,7-8,10-13,21-22,24,31H,6,9,14-20,23H2,1-3H3,(H,39,42)(H,40,45). The number of hydrogen-bond acceptors (Lipinski definition) is 10. The Morgan fingerprint density at radius 1 is 0.941 bits per heavy atom. The van der Waals surface area contributed by atoms with Crippen LogP contribution in [0.1, 0.15) is 44.0 Å². The van der Waals surface area contributed by atoms with Crippen LogP contribution in [-0.4, -0.2) is 93.4 Å². The highest BCUT2D eigenvalue weighted by molar-refractivity contribution is 6.10. The first-order chi connectivity index (χ1) is 24.6. The summed E-state index contributed by atoms with van der Waals surface area (Å²) in [6, 6.07) is 16.2. The summed E-state index contributed by atoms with van der Waals surface area (Å²) in [6.45, 7) is 7.50. The number of hydrogen-bond donors (Lipinski definition) is 2. The van der Waals surface area contributed by atoms with Crippen molar-refractivity contribution in [2.45, 2.75) is 45.3 Å². The number of amides is 3. The molecule has 2 N–H and O–H groups in total. The second-order valence-electron chi connectivity index (χ2n) is 13.0. The monoisotopic (exact) mass is 701 g/mol. The number of nitrogens with zero attached hydrogens (tertiary/aromatic N) is 1. The van der Waals surface area contributed by atoms with Crippen LogP contribution < -0.4 is 20.8 Å². The Balaban J connectivity index is 1.35. The minimum Gasteiger partial charge on any atom is -0.482 e. The van der Waals surface area contributed by atoms with Crippen LogP contribution >= 0.6 is 0 Å². The number of fused-ring (bicyclic) bond motifs is 2. The van der Waals surface area contributed by atoms with Gasteiger partial charge in [-0.25, -0.2) is 4.79 Å². The SMILES string of the molecule is CC(C)(C)OC(=O)COc1ccc2c(-c3ccccc3C(=O)N3CCCC3C(=O)NCCOCCOCCNC=O)c3ccc(=O)cc-3oc2c1. The average Bonchev–Trinajstić information content (AvgIpc) is 3.60. The summed E-state index contributed by atoms with van der Waals surface area (Å²) in [5.41, 5.74) is 1.79. The van der Waals surface area contributed by atoms with E-state index in [1.54, 1.807) is 62.1 Å². The fourth-order valence-electron chi connectivity index (χ4n) is 5.94. The lowest BCUT2D eigenvalue weighted by atomic mass is 9.90. The molecule has 1 atom stereocenters. The number of esters is 1. The maximum absolute atomic E-state index is 14.3. The first-order valence-electron chi connectivity index (χ1n) is 16.9. The van der Waals surface area contributed by atoms with Gasteiger partial charge in [0, 0.05) is 53.8 Å². The Hall–Kier alpha value is -5.27. The molecule has 1 unspecified atom stereocenters. The summed E-state index contributed by atoms with van der Waals surface area (Å²) in [5.74, 6) is -0.390. The summed E-state index contributed by atoms with van der Waals surface area (Å²) in [5, 5.41) is 6.05. The molecule has 2 aromatic carbocycles. The smallest absolute Gasteiger partial charge is 0.344 e. The molecule has 3 amide bonds. The number of carbonyl (C=O) groups is 4. The summed E-state index contributed by atoms with van der Waals surface area (Å²) < 4.78 is 28.1. The molecule has 2 aromatic rings. The molecule has 0 saturated carbocycles. The largest absolute Gasteiger partial charge is 0.482 e. The number of likely N-dealkylation sites (tertiary alicyclic amines) is 1. The molecule has 5 rings (SSSR count). The molecule has 1 saturated heterocycles. The number of ether oxygens (including phenoxy) is 4. The highest BCUT2D eigenvalue weighted by Gasteiger charge is 2.35. The minimum absolute atomic E-state index is 0.244. The fraction of sp³-hybridized carbons (Fsp3) is 0.395. The second kappa shape index (κ2) is 17.1. The normalized spacial score (nSPS) is 14.4. The molecule has 0 radical (unpaired) electrons. The maximum atomic E-state index is 14.3. The van der Waals surface area contributed by atoms with E-state index in [0.29, 0.717) is 96.9 Å². The third kappa shape index (κ3) is 9.71. The third-order valence-electron chi connectivity index (χ3n) is 8.08. The fourth-order valence-corrected chi connectivity index (χ4v) is 5.94. The van der Waals surface area contributed by atoms with Gasteiger partial charge in [0.05, 0.1) is 26.4 Å². The van der Waals surface area contributed by atoms with E-state index >= 15 is 0 Å². The topological polar surface area (TPSA) is 163 Å². The lowest BCUT2D eigenvalue weighted by Crippen LogP contribution is -2.46. The molecule has 0 aromatic heterocycles. The Morgan fingerprint density at radius 3 is 2.47 bits per heavy atom. The van der Waals surface area contributed by atoms with Crippen molar-refractivity contribution in [2.24, 2.45) is 0 Å². The molecule has 1 fully saturated rings. The molecule has 3 aliphatic rings. The molecule has 270 valence electrons. The second-order valence-corrected chi connectivity index (χ2v) is 13.0. The van der Waals surface area contributed by atoms with Crippen molar-refractivity contribution in [1.29, 1.82) is 0 Å². The van der Waals surface area contributed by atoms with Crippen LogP contribution in [0.15, 0.2) is 69.9 Å². The van der Waals surface area contributed by atoms with Gasteiger partial charge in [-0.1, -0.05) is 18.2 Å². The number of nitrogens with one attached hydrogen (secondary N) is 2. The van der Waals surface area contributed by atoms with Gasteiger partial charge in [0.2, 0.25) is 12.3 Å². The summed E-state index contributed by atoms with van der Waals surface area (Å²) in [7, 11) is 0. The summed E-state index contributed by atoms with van der Waals surface area (Å²) in [4.78, 5) is 64.1. The zero-order valence-corrected chi connectivity index (χ0v) is 29.0. The lowest BCUT2D eigenvalue weighted by molar-refractivity contribution is -0.157. The first kappa shape index (κ1) is 37.0. The van der Waals surface area contributed by atoms with Crippen molar-refractivity contribution in [2.75, 3.05) is 52.7 Å². The molecular formula is C38H43N3O10. The van der Waals surface area contributed by atoms with Crippen molar-refractivity contribution < 1.29 is 42.5 Å². The Kier molecular flexibility index (Phi) is 12.4. The molecule has 2 aliphatic heterocycles. The maximum Gasteiger partial charge on any atom is 0.344 e. The first-order valence-corrected chi connectivity index (χ1v) is 16.9. The molecular weight excluding hydrogens is 658 g/mol. The Morgan fingerprint density at radius 2 is 1.71 bits per heavy atom. The molecule has 0 spiro atoms. The van der Waals surface area contributed by atoms with E-state index in [0.717, 1.165) is 0 Å². The minimum atomic E-state index is -0.657. The van der Waals surface area contributed by atoms with E-state index < -0.39 is 17.6 Å². The highest BCUT2D eigenvalue weighted by atomic mass is 16.6. The van der Waals surface area contributed by atoms with E-state index in [1.165, 1.54) is 12.1 Å². The van der Waals surface area contributed by atoms with E-state index in [2.05, 4.69) is 10.6 Å². The van der Waals surface area contributed by atoms with Gasteiger partial charge in [0.1, 0.15) is 28.7 Å². The van der Waals surface area contributed by atoms with Gasteiger partial charge in [0.25, 0.3) is 5.91 Å².